The molecule has 156 valence electrons. The van der Waals surface area contributed by atoms with E-state index in [-0.39, 0.29) is 21.4 Å². The Morgan fingerprint density at radius 3 is 2.59 bits per heavy atom. The molecule has 1 aliphatic heterocycles. The Labute approximate surface area is 171 Å². The summed E-state index contributed by atoms with van der Waals surface area (Å²) >= 11 is 6.08. The fourth-order valence-corrected chi connectivity index (χ4v) is 5.26. The highest BCUT2D eigenvalue weighted by Crippen LogP contribution is 2.29. The number of carbonyl (C=O) groups is 1. The number of piperidine rings is 1. The summed E-state index contributed by atoms with van der Waals surface area (Å²) in [5.41, 5.74) is -0.694. The molecule has 1 atom stereocenters. The van der Waals surface area contributed by atoms with E-state index in [2.05, 4.69) is 5.32 Å². The lowest BCUT2D eigenvalue weighted by Gasteiger charge is -2.30. The molecule has 0 radical (unpaired) electrons. The molecule has 29 heavy (non-hydrogen) atoms. The van der Waals surface area contributed by atoms with Crippen LogP contribution in [0.15, 0.2) is 35.2 Å². The number of nitrogens with zero attached hydrogens (tertiary/aromatic N) is 1. The van der Waals surface area contributed by atoms with Gasteiger partial charge in [0.2, 0.25) is 10.0 Å². The fourth-order valence-electron chi connectivity index (χ4n) is 3.16. The highest BCUT2D eigenvalue weighted by molar-refractivity contribution is 7.89. The number of hydrogen-bond acceptors (Lipinski definition) is 3. The third-order valence-corrected chi connectivity index (χ3v) is 7.06. The Hall–Kier alpha value is -2.10. The van der Waals surface area contributed by atoms with Crippen molar-refractivity contribution in [2.24, 2.45) is 5.92 Å². The van der Waals surface area contributed by atoms with E-state index in [1.807, 2.05) is 6.92 Å². The van der Waals surface area contributed by atoms with Gasteiger partial charge >= 0.3 is 0 Å². The van der Waals surface area contributed by atoms with Crippen molar-refractivity contribution in [3.05, 3.63) is 58.4 Å². The van der Waals surface area contributed by atoms with Gasteiger partial charge in [-0.3, -0.25) is 4.79 Å². The molecule has 3 rings (SSSR count). The third-order valence-electron chi connectivity index (χ3n) is 4.71. The van der Waals surface area contributed by atoms with Gasteiger partial charge in [0.05, 0.1) is 10.7 Å². The van der Waals surface area contributed by atoms with Crippen LogP contribution >= 0.6 is 11.6 Å². The first-order valence-electron chi connectivity index (χ1n) is 8.86. The Bertz CT molecular complexity index is 1060. The van der Waals surface area contributed by atoms with Crippen LogP contribution in [0.25, 0.3) is 0 Å². The van der Waals surface area contributed by atoms with Crippen molar-refractivity contribution in [3.8, 4) is 0 Å². The van der Waals surface area contributed by atoms with E-state index in [4.69, 9.17) is 11.6 Å². The van der Waals surface area contributed by atoms with E-state index >= 15 is 0 Å². The van der Waals surface area contributed by atoms with Gasteiger partial charge in [-0.25, -0.2) is 21.6 Å². The summed E-state index contributed by atoms with van der Waals surface area (Å²) in [6.07, 6.45) is 1.63. The molecular formula is C19H18ClF3N2O3S. The maximum absolute atomic E-state index is 13.8. The lowest BCUT2D eigenvalue weighted by Crippen LogP contribution is -2.39. The summed E-state index contributed by atoms with van der Waals surface area (Å²) in [6, 6.07) is 5.13. The Morgan fingerprint density at radius 1 is 1.17 bits per heavy atom. The Morgan fingerprint density at radius 2 is 1.90 bits per heavy atom. The van der Waals surface area contributed by atoms with Crippen molar-refractivity contribution < 1.29 is 26.4 Å². The number of anilines is 1. The minimum Gasteiger partial charge on any atom is -0.319 e. The first-order valence-corrected chi connectivity index (χ1v) is 10.7. The van der Waals surface area contributed by atoms with Crippen LogP contribution < -0.4 is 5.32 Å². The molecule has 1 heterocycles. The van der Waals surface area contributed by atoms with Crippen molar-refractivity contribution in [2.75, 3.05) is 18.4 Å². The number of amides is 1. The number of nitrogens with one attached hydrogen (secondary N) is 1. The van der Waals surface area contributed by atoms with Gasteiger partial charge in [-0.05, 0) is 49.1 Å². The number of halogens is 4. The molecule has 5 nitrogen and oxygen atoms in total. The van der Waals surface area contributed by atoms with Gasteiger partial charge in [-0.15, -0.1) is 0 Å². The average Bonchev–Trinajstić information content (AvgIpc) is 2.68. The van der Waals surface area contributed by atoms with Gasteiger partial charge in [0, 0.05) is 18.7 Å². The second-order valence-corrected chi connectivity index (χ2v) is 9.25. The number of hydrogen-bond donors (Lipinski definition) is 1. The predicted molar refractivity (Wildman–Crippen MR) is 103 cm³/mol. The van der Waals surface area contributed by atoms with E-state index in [0.29, 0.717) is 25.6 Å². The number of sulfonamides is 1. The van der Waals surface area contributed by atoms with Gasteiger partial charge < -0.3 is 5.32 Å². The molecular weight excluding hydrogens is 429 g/mol. The van der Waals surface area contributed by atoms with Crippen LogP contribution in [0.1, 0.15) is 30.1 Å². The molecule has 1 fully saturated rings. The molecule has 0 bridgehead atoms. The monoisotopic (exact) mass is 446 g/mol. The molecule has 0 saturated carbocycles. The fraction of sp³-hybridized carbons (Fsp3) is 0.316. The summed E-state index contributed by atoms with van der Waals surface area (Å²) in [5, 5.41) is 2.05. The standard InChI is InChI=1S/C19H18ClF3N2O3S/c1-11-3-2-8-25(10-11)29(27,28)16-9-12(4-5-13(16)20)19(26)24-15-7-6-14(21)17(22)18(15)23/h4-7,9,11H,2-3,8,10H2,1H3,(H,24,26). The van der Waals surface area contributed by atoms with E-state index in [1.54, 1.807) is 0 Å². The van der Waals surface area contributed by atoms with Gasteiger partial charge in [0.15, 0.2) is 17.5 Å². The van der Waals surface area contributed by atoms with Crippen molar-refractivity contribution in [3.63, 3.8) is 0 Å². The maximum Gasteiger partial charge on any atom is 0.255 e. The zero-order valence-electron chi connectivity index (χ0n) is 15.4. The topological polar surface area (TPSA) is 66.5 Å². The van der Waals surface area contributed by atoms with E-state index in [9.17, 15) is 26.4 Å². The Kier molecular flexibility index (Phi) is 6.21. The lowest BCUT2D eigenvalue weighted by atomic mass is 10.0. The molecule has 1 N–H and O–H groups in total. The van der Waals surface area contributed by atoms with Gasteiger partial charge in [0.25, 0.3) is 5.91 Å². The SMILES string of the molecule is CC1CCCN(S(=O)(=O)c2cc(C(=O)Nc3ccc(F)c(F)c3F)ccc2Cl)C1. The quantitative estimate of drug-likeness (QED) is 0.706. The Balaban J connectivity index is 1.91. The molecule has 1 saturated heterocycles. The third kappa shape index (κ3) is 4.41. The predicted octanol–water partition coefficient (Wildman–Crippen LogP) is 4.43. The molecule has 10 heteroatoms. The second-order valence-electron chi connectivity index (χ2n) is 6.93. The molecule has 1 aliphatic rings. The smallest absolute Gasteiger partial charge is 0.255 e. The van der Waals surface area contributed by atoms with Gasteiger partial charge in [-0.1, -0.05) is 18.5 Å². The van der Waals surface area contributed by atoms with Crippen molar-refractivity contribution in [2.45, 2.75) is 24.7 Å². The summed E-state index contributed by atoms with van der Waals surface area (Å²) in [7, 11) is -3.94. The zero-order valence-corrected chi connectivity index (χ0v) is 17.0. The number of carbonyl (C=O) groups excluding carboxylic acids is 1. The van der Waals surface area contributed by atoms with Crippen LogP contribution in [-0.2, 0) is 10.0 Å². The lowest BCUT2D eigenvalue weighted by molar-refractivity contribution is 0.102. The molecule has 0 aliphatic carbocycles. The summed E-state index contributed by atoms with van der Waals surface area (Å²) in [6.45, 7) is 2.64. The van der Waals surface area contributed by atoms with Crippen LogP contribution in [0.3, 0.4) is 0 Å². The largest absolute Gasteiger partial charge is 0.319 e. The average molecular weight is 447 g/mol. The summed E-state index contributed by atoms with van der Waals surface area (Å²) in [5.74, 6) is -5.37. The second kappa shape index (κ2) is 8.33. The van der Waals surface area contributed by atoms with Crippen molar-refractivity contribution in [1.29, 1.82) is 0 Å². The maximum atomic E-state index is 13.8. The number of rotatable bonds is 4. The van der Waals surface area contributed by atoms with Crippen LogP contribution in [-0.4, -0.2) is 31.7 Å². The zero-order chi connectivity index (χ0) is 21.3. The van der Waals surface area contributed by atoms with Crippen LogP contribution in [0.2, 0.25) is 5.02 Å². The normalized spacial score (nSPS) is 17.9. The highest BCUT2D eigenvalue weighted by atomic mass is 35.5. The van der Waals surface area contributed by atoms with E-state index in [0.717, 1.165) is 18.6 Å². The molecule has 0 aromatic heterocycles. The molecule has 2 aromatic rings. The van der Waals surface area contributed by atoms with Crippen molar-refractivity contribution >= 4 is 33.2 Å². The van der Waals surface area contributed by atoms with E-state index in [1.165, 1.54) is 16.4 Å². The van der Waals surface area contributed by atoms with Crippen LogP contribution in [0.4, 0.5) is 18.9 Å². The first kappa shape index (κ1) is 21.6. The molecule has 0 spiro atoms. The highest BCUT2D eigenvalue weighted by Gasteiger charge is 2.31. The molecule has 1 amide bonds. The van der Waals surface area contributed by atoms with Crippen LogP contribution in [0.5, 0.6) is 0 Å². The van der Waals surface area contributed by atoms with Crippen molar-refractivity contribution in [1.82, 2.24) is 4.31 Å². The molecule has 2 aromatic carbocycles. The van der Waals surface area contributed by atoms with Crippen LogP contribution in [0, 0.1) is 23.4 Å². The first-order chi connectivity index (χ1) is 13.6. The van der Waals surface area contributed by atoms with Gasteiger partial charge in [-0.2, -0.15) is 4.31 Å². The number of benzene rings is 2. The minimum atomic E-state index is -3.94. The summed E-state index contributed by atoms with van der Waals surface area (Å²) in [4.78, 5) is 12.2. The summed E-state index contributed by atoms with van der Waals surface area (Å²) < 4.78 is 67.5. The van der Waals surface area contributed by atoms with E-state index < -0.39 is 39.1 Å². The van der Waals surface area contributed by atoms with Gasteiger partial charge in [0.1, 0.15) is 4.90 Å². The minimum absolute atomic E-state index is 0.0567. The molecule has 1 unspecified atom stereocenters.